The van der Waals surface area contributed by atoms with Crippen molar-refractivity contribution in [3.8, 4) is 0 Å². The molecule has 2 nitrogen and oxygen atoms in total. The Morgan fingerprint density at radius 3 is 2.77 bits per heavy atom. The van der Waals surface area contributed by atoms with Gasteiger partial charge in [-0.05, 0) is 26.0 Å². The van der Waals surface area contributed by atoms with Gasteiger partial charge < -0.3 is 10.1 Å². The second-order valence-corrected chi connectivity index (χ2v) is 3.38. The summed E-state index contributed by atoms with van der Waals surface area (Å²) in [7, 11) is 0. The molecule has 13 heavy (non-hydrogen) atoms. The van der Waals surface area contributed by atoms with Crippen LogP contribution in [0.5, 0.6) is 0 Å². The summed E-state index contributed by atoms with van der Waals surface area (Å²) < 4.78 is 5.58. The van der Waals surface area contributed by atoms with Crippen molar-refractivity contribution in [2.24, 2.45) is 0 Å². The van der Waals surface area contributed by atoms with Gasteiger partial charge in [-0.1, -0.05) is 24.8 Å². The minimum absolute atomic E-state index is 0.294. The Morgan fingerprint density at radius 2 is 2.23 bits per heavy atom. The van der Waals surface area contributed by atoms with Crippen molar-refractivity contribution in [1.82, 2.24) is 5.32 Å². The average molecular weight is 179 g/mol. The van der Waals surface area contributed by atoms with Crippen LogP contribution >= 0.6 is 0 Å². The van der Waals surface area contributed by atoms with Crippen molar-refractivity contribution in [2.45, 2.75) is 19.4 Å². The van der Waals surface area contributed by atoms with E-state index in [4.69, 9.17) is 4.74 Å². The highest BCUT2D eigenvalue weighted by atomic mass is 16.5. The normalized spacial score (nSPS) is 22.1. The molecule has 72 valence electrons. The summed E-state index contributed by atoms with van der Waals surface area (Å²) >= 11 is 0. The Hall–Kier alpha value is -1.02. The minimum atomic E-state index is 0.294. The molecule has 0 amide bonds. The Bertz CT molecular complexity index is 224. The molecular weight excluding hydrogens is 162 g/mol. The highest BCUT2D eigenvalue weighted by Crippen LogP contribution is 2.09. The first-order chi connectivity index (χ1) is 6.18. The van der Waals surface area contributed by atoms with Gasteiger partial charge in [0, 0.05) is 6.54 Å². The molecule has 1 rings (SSSR count). The summed E-state index contributed by atoms with van der Waals surface area (Å²) in [6, 6.07) is 0. The van der Waals surface area contributed by atoms with E-state index in [1.165, 1.54) is 0 Å². The Morgan fingerprint density at radius 1 is 1.46 bits per heavy atom. The number of ether oxygens (including phenoxy) is 1. The van der Waals surface area contributed by atoms with Crippen LogP contribution in [0.15, 0.2) is 36.6 Å². The van der Waals surface area contributed by atoms with E-state index in [1.54, 1.807) is 0 Å². The standard InChI is InChI=1S/C11H17NO/c1-9(2)4-5-10(3)13-11-6-7-12-8-11/h4-5,11-12H,1,3,6-8H2,2H3/b5-4-. The zero-order valence-corrected chi connectivity index (χ0v) is 8.18. The lowest BCUT2D eigenvalue weighted by Crippen LogP contribution is -2.15. The van der Waals surface area contributed by atoms with Crippen LogP contribution in [0.25, 0.3) is 0 Å². The van der Waals surface area contributed by atoms with E-state index in [1.807, 2.05) is 19.1 Å². The van der Waals surface area contributed by atoms with E-state index in [9.17, 15) is 0 Å². The quantitative estimate of drug-likeness (QED) is 0.526. The van der Waals surface area contributed by atoms with Crippen LogP contribution in [0.1, 0.15) is 13.3 Å². The van der Waals surface area contributed by atoms with E-state index in [2.05, 4.69) is 18.5 Å². The molecule has 0 radical (unpaired) electrons. The summed E-state index contributed by atoms with van der Waals surface area (Å²) in [5.41, 5.74) is 1.01. The van der Waals surface area contributed by atoms with E-state index < -0.39 is 0 Å². The van der Waals surface area contributed by atoms with Gasteiger partial charge in [-0.3, -0.25) is 0 Å². The smallest absolute Gasteiger partial charge is 0.112 e. The monoisotopic (exact) mass is 179 g/mol. The molecule has 1 aliphatic heterocycles. The van der Waals surface area contributed by atoms with Crippen LogP contribution in [0.4, 0.5) is 0 Å². The van der Waals surface area contributed by atoms with Gasteiger partial charge in [0.2, 0.25) is 0 Å². The Kier molecular flexibility index (Phi) is 3.77. The first kappa shape index (κ1) is 10.1. The molecule has 0 aromatic heterocycles. The summed E-state index contributed by atoms with van der Waals surface area (Å²) in [6.45, 7) is 11.5. The topological polar surface area (TPSA) is 21.3 Å². The third-order valence-corrected chi connectivity index (χ3v) is 1.89. The minimum Gasteiger partial charge on any atom is -0.490 e. The van der Waals surface area contributed by atoms with E-state index in [0.717, 1.165) is 30.8 Å². The number of hydrogen-bond donors (Lipinski definition) is 1. The molecule has 1 saturated heterocycles. The van der Waals surface area contributed by atoms with Gasteiger partial charge in [-0.15, -0.1) is 0 Å². The van der Waals surface area contributed by atoms with Crippen LogP contribution in [-0.4, -0.2) is 19.2 Å². The fraction of sp³-hybridized carbons (Fsp3) is 0.455. The zero-order chi connectivity index (χ0) is 9.68. The first-order valence-corrected chi connectivity index (χ1v) is 4.58. The molecule has 1 atom stereocenters. The lowest BCUT2D eigenvalue weighted by Gasteiger charge is -2.11. The fourth-order valence-corrected chi connectivity index (χ4v) is 1.22. The largest absolute Gasteiger partial charge is 0.490 e. The Balaban J connectivity index is 2.28. The second kappa shape index (κ2) is 4.87. The van der Waals surface area contributed by atoms with Gasteiger partial charge >= 0.3 is 0 Å². The SMILES string of the molecule is C=C(C)/C=C\C(=C)OC1CCNC1. The summed E-state index contributed by atoms with van der Waals surface area (Å²) in [5.74, 6) is 0.719. The maximum absolute atomic E-state index is 5.58. The highest BCUT2D eigenvalue weighted by Gasteiger charge is 2.15. The number of allylic oxidation sites excluding steroid dienone is 3. The van der Waals surface area contributed by atoms with Crippen molar-refractivity contribution >= 4 is 0 Å². The summed E-state index contributed by atoms with van der Waals surface area (Å²) in [6.07, 6.45) is 5.13. The molecule has 0 bridgehead atoms. The van der Waals surface area contributed by atoms with Crippen LogP contribution in [0.3, 0.4) is 0 Å². The van der Waals surface area contributed by atoms with E-state index in [0.29, 0.717) is 6.10 Å². The zero-order valence-electron chi connectivity index (χ0n) is 8.18. The second-order valence-electron chi connectivity index (χ2n) is 3.38. The van der Waals surface area contributed by atoms with Gasteiger partial charge in [0.05, 0.1) is 0 Å². The van der Waals surface area contributed by atoms with Crippen LogP contribution < -0.4 is 5.32 Å². The molecule has 1 fully saturated rings. The van der Waals surface area contributed by atoms with Crippen molar-refractivity contribution < 1.29 is 4.74 Å². The van der Waals surface area contributed by atoms with Gasteiger partial charge in [0.15, 0.2) is 0 Å². The molecule has 1 aliphatic rings. The number of nitrogens with one attached hydrogen (secondary N) is 1. The molecule has 0 spiro atoms. The predicted octanol–water partition coefficient (Wildman–Crippen LogP) is 2.01. The molecule has 1 heterocycles. The summed E-state index contributed by atoms with van der Waals surface area (Å²) in [4.78, 5) is 0. The van der Waals surface area contributed by atoms with Crippen molar-refractivity contribution in [1.29, 1.82) is 0 Å². The van der Waals surface area contributed by atoms with Gasteiger partial charge in [-0.25, -0.2) is 0 Å². The molecule has 0 aromatic rings. The van der Waals surface area contributed by atoms with Gasteiger partial charge in [0.1, 0.15) is 11.9 Å². The van der Waals surface area contributed by atoms with E-state index in [-0.39, 0.29) is 0 Å². The van der Waals surface area contributed by atoms with Crippen molar-refractivity contribution in [2.75, 3.05) is 13.1 Å². The molecule has 1 unspecified atom stereocenters. The molecular formula is C11H17NO. The van der Waals surface area contributed by atoms with Crippen LogP contribution in [-0.2, 0) is 4.74 Å². The lowest BCUT2D eigenvalue weighted by molar-refractivity contribution is 0.143. The number of hydrogen-bond acceptors (Lipinski definition) is 2. The molecule has 1 N–H and O–H groups in total. The van der Waals surface area contributed by atoms with Crippen molar-refractivity contribution in [3.63, 3.8) is 0 Å². The van der Waals surface area contributed by atoms with Crippen molar-refractivity contribution in [3.05, 3.63) is 36.6 Å². The molecule has 0 aliphatic carbocycles. The highest BCUT2D eigenvalue weighted by molar-refractivity contribution is 5.19. The van der Waals surface area contributed by atoms with E-state index >= 15 is 0 Å². The predicted molar refractivity (Wildman–Crippen MR) is 55.5 cm³/mol. The first-order valence-electron chi connectivity index (χ1n) is 4.58. The number of rotatable bonds is 4. The molecule has 0 saturated carbocycles. The average Bonchev–Trinajstić information content (AvgIpc) is 2.53. The maximum Gasteiger partial charge on any atom is 0.112 e. The van der Waals surface area contributed by atoms with Crippen LogP contribution in [0, 0.1) is 0 Å². The molecule has 2 heteroatoms. The third-order valence-electron chi connectivity index (χ3n) is 1.89. The molecule has 0 aromatic carbocycles. The van der Waals surface area contributed by atoms with Gasteiger partial charge in [-0.2, -0.15) is 0 Å². The fourth-order valence-electron chi connectivity index (χ4n) is 1.22. The van der Waals surface area contributed by atoms with Gasteiger partial charge in [0.25, 0.3) is 0 Å². The lowest BCUT2D eigenvalue weighted by atomic mass is 10.3. The maximum atomic E-state index is 5.58. The summed E-state index contributed by atoms with van der Waals surface area (Å²) in [5, 5.41) is 3.23. The third kappa shape index (κ3) is 3.95. The van der Waals surface area contributed by atoms with Crippen LogP contribution in [0.2, 0.25) is 0 Å². The Labute approximate surface area is 80.0 Å².